The lowest BCUT2D eigenvalue weighted by Gasteiger charge is -2.26. The van der Waals surface area contributed by atoms with Gasteiger partial charge in [-0.15, -0.1) is 0 Å². The number of nitrogens with zero attached hydrogens (tertiary/aromatic N) is 1. The fourth-order valence-corrected chi connectivity index (χ4v) is 3.05. The van der Waals surface area contributed by atoms with Crippen molar-refractivity contribution in [3.63, 3.8) is 0 Å². The molecule has 1 fully saturated rings. The average Bonchev–Trinajstić information content (AvgIpc) is 2.99. The summed E-state index contributed by atoms with van der Waals surface area (Å²) >= 11 is 0. The quantitative estimate of drug-likeness (QED) is 0.841. The number of hydrogen-bond donors (Lipinski definition) is 1. The van der Waals surface area contributed by atoms with Crippen LogP contribution in [0.2, 0.25) is 0 Å². The molecular weight excluding hydrogens is 224 g/mol. The van der Waals surface area contributed by atoms with Gasteiger partial charge in [-0.2, -0.15) is 0 Å². The minimum absolute atomic E-state index is 0.551. The molecule has 1 saturated heterocycles. The van der Waals surface area contributed by atoms with E-state index >= 15 is 0 Å². The van der Waals surface area contributed by atoms with E-state index < -0.39 is 0 Å². The molecule has 18 heavy (non-hydrogen) atoms. The van der Waals surface area contributed by atoms with Gasteiger partial charge in [-0.1, -0.05) is 13.8 Å². The van der Waals surface area contributed by atoms with Crippen molar-refractivity contribution >= 4 is 0 Å². The molecule has 0 amide bonds. The molecule has 2 rings (SSSR count). The van der Waals surface area contributed by atoms with Gasteiger partial charge in [0.1, 0.15) is 5.76 Å². The lowest BCUT2D eigenvalue weighted by Crippen LogP contribution is -2.26. The van der Waals surface area contributed by atoms with Crippen molar-refractivity contribution in [2.45, 2.75) is 46.2 Å². The zero-order valence-corrected chi connectivity index (χ0v) is 12.0. The summed E-state index contributed by atoms with van der Waals surface area (Å²) in [4.78, 5) is 2.55. The first-order valence-corrected chi connectivity index (χ1v) is 7.15. The SMILES string of the molecule is CCC1(CC)CCN(Cc2occc2CNC)C1. The zero-order valence-electron chi connectivity index (χ0n) is 12.0. The van der Waals surface area contributed by atoms with Gasteiger partial charge in [0.15, 0.2) is 0 Å². The molecule has 0 aromatic carbocycles. The molecule has 0 radical (unpaired) electrons. The molecule has 102 valence electrons. The molecule has 3 nitrogen and oxygen atoms in total. The van der Waals surface area contributed by atoms with Gasteiger partial charge < -0.3 is 9.73 Å². The first kappa shape index (κ1) is 13.6. The van der Waals surface area contributed by atoms with Crippen LogP contribution in [0.3, 0.4) is 0 Å². The molecule has 1 aromatic rings. The number of rotatable bonds is 6. The van der Waals surface area contributed by atoms with Crippen LogP contribution in [-0.2, 0) is 13.1 Å². The van der Waals surface area contributed by atoms with Gasteiger partial charge in [-0.05, 0) is 44.3 Å². The van der Waals surface area contributed by atoms with E-state index in [2.05, 4.69) is 30.1 Å². The molecule has 1 N–H and O–H groups in total. The van der Waals surface area contributed by atoms with Crippen LogP contribution in [-0.4, -0.2) is 25.0 Å². The second-order valence-electron chi connectivity index (χ2n) is 5.57. The van der Waals surface area contributed by atoms with E-state index in [1.165, 1.54) is 37.9 Å². The maximum atomic E-state index is 5.63. The molecule has 1 aromatic heterocycles. The highest BCUT2D eigenvalue weighted by atomic mass is 16.3. The molecule has 0 aliphatic carbocycles. The second-order valence-corrected chi connectivity index (χ2v) is 5.57. The van der Waals surface area contributed by atoms with E-state index in [1.54, 1.807) is 0 Å². The summed E-state index contributed by atoms with van der Waals surface area (Å²) in [6.45, 7) is 8.94. The predicted octanol–water partition coefficient (Wildman–Crippen LogP) is 3.01. The normalized spacial score (nSPS) is 19.5. The average molecular weight is 250 g/mol. The van der Waals surface area contributed by atoms with Gasteiger partial charge in [-0.25, -0.2) is 0 Å². The summed E-state index contributed by atoms with van der Waals surface area (Å²) < 4.78 is 5.63. The Bertz CT molecular complexity index is 368. The summed E-state index contributed by atoms with van der Waals surface area (Å²) in [5, 5.41) is 3.20. The summed E-state index contributed by atoms with van der Waals surface area (Å²) in [5.41, 5.74) is 1.85. The van der Waals surface area contributed by atoms with Crippen molar-refractivity contribution in [1.29, 1.82) is 0 Å². The maximum Gasteiger partial charge on any atom is 0.122 e. The molecule has 2 heterocycles. The topological polar surface area (TPSA) is 28.4 Å². The third-order valence-corrected chi connectivity index (χ3v) is 4.59. The van der Waals surface area contributed by atoms with Crippen molar-refractivity contribution in [1.82, 2.24) is 10.2 Å². The monoisotopic (exact) mass is 250 g/mol. The third kappa shape index (κ3) is 2.78. The van der Waals surface area contributed by atoms with Gasteiger partial charge in [0.2, 0.25) is 0 Å². The summed E-state index contributed by atoms with van der Waals surface area (Å²) in [5.74, 6) is 1.13. The number of likely N-dealkylation sites (tertiary alicyclic amines) is 1. The Kier molecular flexibility index (Phi) is 4.46. The molecule has 0 bridgehead atoms. The summed E-state index contributed by atoms with van der Waals surface area (Å²) in [6, 6.07) is 2.08. The van der Waals surface area contributed by atoms with Crippen molar-refractivity contribution in [3.05, 3.63) is 23.7 Å². The van der Waals surface area contributed by atoms with Crippen molar-refractivity contribution in [3.8, 4) is 0 Å². The van der Waals surface area contributed by atoms with Gasteiger partial charge >= 0.3 is 0 Å². The van der Waals surface area contributed by atoms with Crippen LogP contribution >= 0.6 is 0 Å². The smallest absolute Gasteiger partial charge is 0.122 e. The first-order chi connectivity index (χ1) is 8.73. The molecule has 0 saturated carbocycles. The Labute approximate surface area is 111 Å². The van der Waals surface area contributed by atoms with Crippen molar-refractivity contribution in [2.75, 3.05) is 20.1 Å². The molecule has 0 atom stereocenters. The number of furan rings is 1. The minimum atomic E-state index is 0.551. The Morgan fingerprint density at radius 2 is 2.17 bits per heavy atom. The van der Waals surface area contributed by atoms with Crippen molar-refractivity contribution < 1.29 is 4.42 Å². The van der Waals surface area contributed by atoms with Gasteiger partial charge in [0.05, 0.1) is 12.8 Å². The summed E-state index contributed by atoms with van der Waals surface area (Å²) in [6.07, 6.45) is 5.73. The van der Waals surface area contributed by atoms with E-state index in [0.717, 1.165) is 18.8 Å². The number of hydrogen-bond acceptors (Lipinski definition) is 3. The van der Waals surface area contributed by atoms with Gasteiger partial charge in [0, 0.05) is 18.7 Å². The Morgan fingerprint density at radius 3 is 2.78 bits per heavy atom. The molecule has 1 aliphatic rings. The minimum Gasteiger partial charge on any atom is -0.468 e. The Hall–Kier alpha value is -0.800. The van der Waals surface area contributed by atoms with Crippen LogP contribution in [0.15, 0.2) is 16.7 Å². The third-order valence-electron chi connectivity index (χ3n) is 4.59. The predicted molar refractivity (Wildman–Crippen MR) is 74.4 cm³/mol. The highest BCUT2D eigenvalue weighted by Crippen LogP contribution is 2.37. The lowest BCUT2D eigenvalue weighted by molar-refractivity contribution is 0.225. The largest absolute Gasteiger partial charge is 0.468 e. The molecule has 1 aliphatic heterocycles. The fourth-order valence-electron chi connectivity index (χ4n) is 3.05. The summed E-state index contributed by atoms with van der Waals surface area (Å²) in [7, 11) is 1.98. The molecule has 3 heteroatoms. The second kappa shape index (κ2) is 5.89. The van der Waals surface area contributed by atoms with Gasteiger partial charge in [-0.3, -0.25) is 4.90 Å². The first-order valence-electron chi connectivity index (χ1n) is 7.15. The van der Waals surface area contributed by atoms with Crippen LogP contribution in [0.1, 0.15) is 44.4 Å². The molecule has 0 unspecified atom stereocenters. The molecule has 0 spiro atoms. The fraction of sp³-hybridized carbons (Fsp3) is 0.733. The van der Waals surface area contributed by atoms with Crippen LogP contribution in [0, 0.1) is 5.41 Å². The molecular formula is C15H26N2O. The Morgan fingerprint density at radius 1 is 1.39 bits per heavy atom. The lowest BCUT2D eigenvalue weighted by atomic mass is 9.82. The van der Waals surface area contributed by atoms with Gasteiger partial charge in [0.25, 0.3) is 0 Å². The van der Waals surface area contributed by atoms with E-state index in [-0.39, 0.29) is 0 Å². The highest BCUT2D eigenvalue weighted by Gasteiger charge is 2.35. The van der Waals surface area contributed by atoms with Crippen LogP contribution < -0.4 is 5.32 Å². The van der Waals surface area contributed by atoms with E-state index in [9.17, 15) is 0 Å². The van der Waals surface area contributed by atoms with Crippen molar-refractivity contribution in [2.24, 2.45) is 5.41 Å². The van der Waals surface area contributed by atoms with E-state index in [1.807, 2.05) is 13.3 Å². The van der Waals surface area contributed by atoms with Crippen LogP contribution in [0.25, 0.3) is 0 Å². The standard InChI is InChI=1S/C15H26N2O/c1-4-15(5-2)7-8-17(12-15)11-14-13(10-16-3)6-9-18-14/h6,9,16H,4-5,7-8,10-12H2,1-3H3. The zero-order chi connectivity index (χ0) is 13.0. The highest BCUT2D eigenvalue weighted by molar-refractivity contribution is 5.17. The van der Waals surface area contributed by atoms with Crippen LogP contribution in [0.4, 0.5) is 0 Å². The maximum absolute atomic E-state index is 5.63. The Balaban J connectivity index is 1.97. The van der Waals surface area contributed by atoms with Crippen LogP contribution in [0.5, 0.6) is 0 Å². The van der Waals surface area contributed by atoms with E-state index in [0.29, 0.717) is 5.41 Å². The van der Waals surface area contributed by atoms with E-state index in [4.69, 9.17) is 4.42 Å². The number of nitrogens with one attached hydrogen (secondary N) is 1.